The Bertz CT molecular complexity index is 746. The second kappa shape index (κ2) is 8.01. The van der Waals surface area contributed by atoms with Crippen LogP contribution in [0.15, 0.2) is 77.2 Å². The molecule has 0 radical (unpaired) electrons. The predicted octanol–water partition coefficient (Wildman–Crippen LogP) is 5.02. The third-order valence-electron chi connectivity index (χ3n) is 5.01. The molecule has 0 atom stereocenters. The van der Waals surface area contributed by atoms with Crippen LogP contribution in [-0.2, 0) is 6.42 Å². The summed E-state index contributed by atoms with van der Waals surface area (Å²) in [5.41, 5.74) is 5.03. The summed E-state index contributed by atoms with van der Waals surface area (Å²) in [5.74, 6) is 0. The molecule has 0 aliphatic carbocycles. The summed E-state index contributed by atoms with van der Waals surface area (Å²) in [6.45, 7) is 10.4. The van der Waals surface area contributed by atoms with Gasteiger partial charge >= 0.3 is 0 Å². The Balaban J connectivity index is 2.44. The van der Waals surface area contributed by atoms with E-state index in [0.29, 0.717) is 0 Å². The molecule has 0 aliphatic heterocycles. The van der Waals surface area contributed by atoms with Crippen LogP contribution in [0.2, 0.25) is 13.1 Å². The number of benzene rings is 2. The molecule has 2 rings (SSSR count). The number of aryl methyl sites for hydroxylation is 1. The van der Waals surface area contributed by atoms with Gasteiger partial charge in [-0.25, -0.2) is 0 Å². The van der Waals surface area contributed by atoms with Gasteiger partial charge in [-0.15, -0.1) is 5.73 Å². The first-order valence-corrected chi connectivity index (χ1v) is 12.0. The molecule has 25 heavy (non-hydrogen) atoms. The van der Waals surface area contributed by atoms with Crippen LogP contribution in [-0.4, -0.2) is 18.8 Å². The lowest BCUT2D eigenvalue weighted by Gasteiger charge is -2.26. The molecule has 0 saturated heterocycles. The topological polar surface area (TPSA) is 20.2 Å². The summed E-state index contributed by atoms with van der Waals surface area (Å²) in [6.07, 6.45) is 1.98. The third-order valence-corrected chi connectivity index (χ3v) is 8.67. The third kappa shape index (κ3) is 5.30. The summed E-state index contributed by atoms with van der Waals surface area (Å²) < 4.78 is 0. The largest absolute Gasteiger partial charge is 0.385 e. The van der Waals surface area contributed by atoms with Crippen molar-refractivity contribution in [1.29, 1.82) is 0 Å². The molecule has 2 heteroatoms. The van der Waals surface area contributed by atoms with Crippen LogP contribution in [0, 0.1) is 0 Å². The average molecular weight is 351 g/mol. The maximum atomic E-state index is 10.4. The molecule has 0 unspecified atom stereocenters. The van der Waals surface area contributed by atoms with Crippen LogP contribution in [0.4, 0.5) is 0 Å². The van der Waals surface area contributed by atoms with E-state index < -0.39 is 13.7 Å². The Morgan fingerprint density at radius 3 is 2.00 bits per heavy atom. The minimum Gasteiger partial charge on any atom is -0.385 e. The fourth-order valence-corrected chi connectivity index (χ4v) is 5.48. The van der Waals surface area contributed by atoms with E-state index in [2.05, 4.69) is 79.5 Å². The van der Waals surface area contributed by atoms with E-state index in [1.54, 1.807) is 0 Å². The van der Waals surface area contributed by atoms with Gasteiger partial charge in [0, 0.05) is 0 Å². The molecule has 0 bridgehead atoms. The van der Waals surface area contributed by atoms with Crippen LogP contribution >= 0.6 is 0 Å². The van der Waals surface area contributed by atoms with E-state index in [1.807, 2.05) is 20.8 Å². The Morgan fingerprint density at radius 2 is 1.48 bits per heavy atom. The van der Waals surface area contributed by atoms with E-state index in [-0.39, 0.29) is 0 Å². The molecule has 0 fully saturated rings. The van der Waals surface area contributed by atoms with Crippen LogP contribution in [0.1, 0.15) is 32.8 Å². The Kier molecular flexibility index (Phi) is 6.24. The van der Waals surface area contributed by atoms with Crippen molar-refractivity contribution >= 4 is 13.3 Å². The maximum Gasteiger partial charge on any atom is 0.116 e. The molecule has 0 amide bonds. The lowest BCUT2D eigenvalue weighted by molar-refractivity contribution is 0.120. The average Bonchev–Trinajstić information content (AvgIpc) is 2.59. The van der Waals surface area contributed by atoms with Gasteiger partial charge in [-0.3, -0.25) is 0 Å². The van der Waals surface area contributed by atoms with E-state index in [4.69, 9.17) is 0 Å². The van der Waals surface area contributed by atoms with Crippen LogP contribution in [0.3, 0.4) is 0 Å². The first kappa shape index (κ1) is 19.5. The number of hydrogen-bond donors (Lipinski definition) is 1. The molecule has 0 heterocycles. The van der Waals surface area contributed by atoms with Crippen molar-refractivity contribution < 1.29 is 5.11 Å². The van der Waals surface area contributed by atoms with Gasteiger partial charge in [0.2, 0.25) is 0 Å². The van der Waals surface area contributed by atoms with Gasteiger partial charge in [0.15, 0.2) is 0 Å². The highest BCUT2D eigenvalue weighted by atomic mass is 28.3. The summed E-state index contributed by atoms with van der Waals surface area (Å²) in [7, 11) is -1.83. The summed E-state index contributed by atoms with van der Waals surface area (Å²) in [6, 6.07) is 21.4. The number of rotatable bonds is 6. The molecule has 0 spiro atoms. The SMILES string of the molecule is CC(=C=C(CCc1ccccc1)[Si](C)(C)c1ccccc1)C(C)(C)O. The van der Waals surface area contributed by atoms with Gasteiger partial charge in [-0.2, -0.15) is 0 Å². The lowest BCUT2D eigenvalue weighted by atomic mass is 10.0. The maximum absolute atomic E-state index is 10.4. The van der Waals surface area contributed by atoms with Gasteiger partial charge in [0.25, 0.3) is 0 Å². The van der Waals surface area contributed by atoms with Gasteiger partial charge in [0.1, 0.15) is 8.07 Å². The van der Waals surface area contributed by atoms with E-state index >= 15 is 0 Å². The van der Waals surface area contributed by atoms with Crippen molar-refractivity contribution in [1.82, 2.24) is 0 Å². The van der Waals surface area contributed by atoms with Gasteiger partial charge in [0.05, 0.1) is 5.60 Å². The fraction of sp³-hybridized carbons (Fsp3) is 0.348. The summed E-state index contributed by atoms with van der Waals surface area (Å²) >= 11 is 0. The molecular weight excluding hydrogens is 320 g/mol. The standard InChI is InChI=1S/C23H30OSi/c1-19(23(2,3)24)18-22(17-16-20-12-8-6-9-13-20)25(4,5)21-14-10-7-11-15-21/h6-15,24H,16-17H2,1-5H3. The molecular formula is C23H30OSi. The van der Waals surface area contributed by atoms with E-state index in [1.165, 1.54) is 15.9 Å². The van der Waals surface area contributed by atoms with Gasteiger partial charge in [-0.05, 0) is 49.9 Å². The van der Waals surface area contributed by atoms with E-state index in [0.717, 1.165) is 18.4 Å². The van der Waals surface area contributed by atoms with Gasteiger partial charge < -0.3 is 5.11 Å². The zero-order chi connectivity index (χ0) is 18.5. The Hall–Kier alpha value is -1.86. The quantitative estimate of drug-likeness (QED) is 0.573. The minimum absolute atomic E-state index is 0.834. The second-order valence-corrected chi connectivity index (χ2v) is 12.2. The van der Waals surface area contributed by atoms with E-state index in [9.17, 15) is 5.11 Å². The highest BCUT2D eigenvalue weighted by Gasteiger charge is 2.28. The first-order valence-electron chi connectivity index (χ1n) is 9.00. The normalized spacial score (nSPS) is 11.8. The van der Waals surface area contributed by atoms with Crippen LogP contribution in [0.5, 0.6) is 0 Å². The first-order chi connectivity index (χ1) is 11.7. The van der Waals surface area contributed by atoms with Crippen LogP contribution in [0.25, 0.3) is 0 Å². The van der Waals surface area contributed by atoms with Crippen molar-refractivity contribution in [3.8, 4) is 0 Å². The molecule has 0 aliphatic rings. The Labute approximate surface area is 153 Å². The highest BCUT2D eigenvalue weighted by Crippen LogP contribution is 2.23. The fourth-order valence-electron chi connectivity index (χ4n) is 2.85. The van der Waals surface area contributed by atoms with Crippen molar-refractivity contribution in [3.63, 3.8) is 0 Å². The van der Waals surface area contributed by atoms with Crippen LogP contribution < -0.4 is 5.19 Å². The summed E-state index contributed by atoms with van der Waals surface area (Å²) in [5, 5.41) is 13.1. The molecule has 0 aromatic heterocycles. The molecule has 2 aromatic rings. The lowest BCUT2D eigenvalue weighted by Crippen LogP contribution is -2.43. The molecule has 132 valence electrons. The van der Waals surface area contributed by atoms with Gasteiger partial charge in [-0.1, -0.05) is 78.9 Å². The molecule has 1 N–H and O–H groups in total. The smallest absolute Gasteiger partial charge is 0.116 e. The summed E-state index contributed by atoms with van der Waals surface area (Å²) in [4.78, 5) is 0. The van der Waals surface area contributed by atoms with Crippen molar-refractivity contribution in [3.05, 3.63) is 82.7 Å². The highest BCUT2D eigenvalue weighted by molar-refractivity contribution is 6.95. The molecule has 2 aromatic carbocycles. The number of aliphatic hydroxyl groups is 1. The zero-order valence-corrected chi connectivity index (χ0v) is 17.1. The zero-order valence-electron chi connectivity index (χ0n) is 16.1. The minimum atomic E-state index is -1.83. The van der Waals surface area contributed by atoms with Crippen molar-refractivity contribution in [2.75, 3.05) is 0 Å². The number of hydrogen-bond acceptors (Lipinski definition) is 1. The Morgan fingerprint density at radius 1 is 0.960 bits per heavy atom. The van der Waals surface area contributed by atoms with Crippen molar-refractivity contribution in [2.24, 2.45) is 0 Å². The molecule has 1 nitrogen and oxygen atoms in total. The predicted molar refractivity (Wildman–Crippen MR) is 111 cm³/mol. The molecule has 0 saturated carbocycles. The monoisotopic (exact) mass is 350 g/mol. The second-order valence-electron chi connectivity index (χ2n) is 7.76. The van der Waals surface area contributed by atoms with Crippen molar-refractivity contribution in [2.45, 2.75) is 52.3 Å².